The summed E-state index contributed by atoms with van der Waals surface area (Å²) in [6, 6.07) is 13.7. The Labute approximate surface area is 141 Å². The molecule has 112 valence electrons. The van der Waals surface area contributed by atoms with E-state index in [4.69, 9.17) is 11.6 Å². The molecule has 0 radical (unpaired) electrons. The quantitative estimate of drug-likeness (QED) is 0.561. The van der Waals surface area contributed by atoms with Crippen molar-refractivity contribution in [3.63, 3.8) is 0 Å². The average Bonchev–Trinajstić information content (AvgIpc) is 3.09. The van der Waals surface area contributed by atoms with Gasteiger partial charge in [-0.15, -0.1) is 11.3 Å². The van der Waals surface area contributed by atoms with Gasteiger partial charge in [0, 0.05) is 22.3 Å². The first-order valence-electron chi connectivity index (χ1n) is 6.96. The normalized spacial score (nSPS) is 10.8. The highest BCUT2D eigenvalue weighted by atomic mass is 35.5. The minimum Gasteiger partial charge on any atom is -0.340 e. The number of benzene rings is 2. The summed E-state index contributed by atoms with van der Waals surface area (Å²) in [5.74, 6) is 0.753. The monoisotopic (exact) mass is 338 g/mol. The van der Waals surface area contributed by atoms with Crippen molar-refractivity contribution in [1.29, 1.82) is 0 Å². The van der Waals surface area contributed by atoms with Crippen LogP contribution in [0.1, 0.15) is 0 Å². The predicted molar refractivity (Wildman–Crippen MR) is 95.4 cm³/mol. The van der Waals surface area contributed by atoms with Crippen LogP contribution < -0.4 is 5.32 Å². The average molecular weight is 339 g/mol. The third kappa shape index (κ3) is 2.88. The molecule has 4 aromatic rings. The van der Waals surface area contributed by atoms with Gasteiger partial charge in [-0.05, 0) is 35.9 Å². The molecule has 2 aromatic heterocycles. The van der Waals surface area contributed by atoms with Gasteiger partial charge in [0.2, 0.25) is 0 Å². The second-order valence-electron chi connectivity index (χ2n) is 4.96. The van der Waals surface area contributed by atoms with Gasteiger partial charge in [0.25, 0.3) is 0 Å². The predicted octanol–water partition coefficient (Wildman–Crippen LogP) is 5.15. The van der Waals surface area contributed by atoms with E-state index in [0.717, 1.165) is 32.8 Å². The number of halogens is 1. The Morgan fingerprint density at radius 2 is 2.00 bits per heavy atom. The molecule has 0 unspecified atom stereocenters. The van der Waals surface area contributed by atoms with Crippen LogP contribution >= 0.6 is 22.9 Å². The van der Waals surface area contributed by atoms with Gasteiger partial charge in [0.15, 0.2) is 0 Å². The zero-order valence-corrected chi connectivity index (χ0v) is 13.5. The number of hydrogen-bond acceptors (Lipinski definition) is 5. The molecule has 2 aromatic carbocycles. The fraction of sp³-hybridized carbons (Fsp3) is 0. The lowest BCUT2D eigenvalue weighted by Crippen LogP contribution is -1.96. The number of hydrogen-bond donors (Lipinski definition) is 1. The van der Waals surface area contributed by atoms with Gasteiger partial charge >= 0.3 is 0 Å². The number of rotatable bonds is 3. The van der Waals surface area contributed by atoms with Crippen molar-refractivity contribution in [2.24, 2.45) is 0 Å². The summed E-state index contributed by atoms with van der Waals surface area (Å²) >= 11 is 7.65. The molecular weight excluding hydrogens is 328 g/mol. The van der Waals surface area contributed by atoms with Crippen LogP contribution in [0.15, 0.2) is 60.5 Å². The third-order valence-corrected chi connectivity index (χ3v) is 4.50. The minimum absolute atomic E-state index is 0.679. The van der Waals surface area contributed by atoms with Crippen LogP contribution in [0.25, 0.3) is 21.3 Å². The Balaban J connectivity index is 1.81. The lowest BCUT2D eigenvalue weighted by molar-refractivity contribution is 1.22. The van der Waals surface area contributed by atoms with E-state index in [1.54, 1.807) is 17.7 Å². The molecule has 1 N–H and O–H groups in total. The number of thiazole rings is 1. The van der Waals surface area contributed by atoms with Gasteiger partial charge in [0.05, 0.1) is 15.9 Å². The number of nitrogens with one attached hydrogen (secondary N) is 1. The summed E-state index contributed by atoms with van der Waals surface area (Å²) in [6.07, 6.45) is 3.42. The highest BCUT2D eigenvalue weighted by molar-refractivity contribution is 7.13. The van der Waals surface area contributed by atoms with Gasteiger partial charge < -0.3 is 5.32 Å². The Morgan fingerprint density at radius 3 is 2.83 bits per heavy atom. The van der Waals surface area contributed by atoms with Gasteiger partial charge in [0.1, 0.15) is 12.1 Å². The van der Waals surface area contributed by atoms with Crippen LogP contribution in [0.3, 0.4) is 0 Å². The maximum atomic E-state index is 6.04. The van der Waals surface area contributed by atoms with E-state index in [9.17, 15) is 0 Å². The fourth-order valence-corrected chi connectivity index (χ4v) is 3.18. The molecular formula is C17H11ClN4S. The summed E-state index contributed by atoms with van der Waals surface area (Å²) in [5.41, 5.74) is 4.70. The first kappa shape index (κ1) is 14.1. The number of aromatic nitrogens is 3. The van der Waals surface area contributed by atoms with Crippen molar-refractivity contribution >= 4 is 45.3 Å². The summed E-state index contributed by atoms with van der Waals surface area (Å²) in [6.45, 7) is 0. The Hall–Kier alpha value is -2.50. The number of fused-ring (bicyclic) bond motifs is 1. The highest BCUT2D eigenvalue weighted by Gasteiger charge is 2.07. The molecule has 0 amide bonds. The lowest BCUT2D eigenvalue weighted by atomic mass is 10.1. The van der Waals surface area contributed by atoms with Crippen molar-refractivity contribution in [3.8, 4) is 10.4 Å². The fourth-order valence-electron chi connectivity index (χ4n) is 2.37. The van der Waals surface area contributed by atoms with Gasteiger partial charge in [-0.3, -0.25) is 4.98 Å². The van der Waals surface area contributed by atoms with Crippen molar-refractivity contribution < 1.29 is 0 Å². The molecule has 0 spiro atoms. The SMILES string of the molecule is Clc1cccc(Nc2ncnc3ccc(-c4cncs4)cc23)c1. The topological polar surface area (TPSA) is 50.7 Å². The van der Waals surface area contributed by atoms with Crippen LogP contribution in [-0.2, 0) is 0 Å². The van der Waals surface area contributed by atoms with Crippen LogP contribution in [0.4, 0.5) is 11.5 Å². The Bertz CT molecular complexity index is 969. The van der Waals surface area contributed by atoms with Crippen LogP contribution in [0, 0.1) is 0 Å². The second-order valence-corrected chi connectivity index (χ2v) is 6.28. The zero-order valence-electron chi connectivity index (χ0n) is 11.9. The van der Waals surface area contributed by atoms with Crippen LogP contribution in [0.5, 0.6) is 0 Å². The third-order valence-electron chi connectivity index (χ3n) is 3.44. The molecule has 2 heterocycles. The first-order valence-corrected chi connectivity index (χ1v) is 8.21. The van der Waals surface area contributed by atoms with E-state index in [1.165, 1.54) is 0 Å². The number of anilines is 2. The van der Waals surface area contributed by atoms with Crippen LogP contribution in [0.2, 0.25) is 5.02 Å². The molecule has 6 heteroatoms. The van der Waals surface area contributed by atoms with Gasteiger partial charge in [-0.1, -0.05) is 23.7 Å². The molecule has 0 bridgehead atoms. The molecule has 4 rings (SSSR count). The molecule has 0 aliphatic carbocycles. The molecule has 4 nitrogen and oxygen atoms in total. The molecule has 0 saturated carbocycles. The Kier molecular flexibility index (Phi) is 3.65. The lowest BCUT2D eigenvalue weighted by Gasteiger charge is -2.09. The molecule has 0 fully saturated rings. The van der Waals surface area contributed by atoms with Gasteiger partial charge in [-0.25, -0.2) is 9.97 Å². The largest absolute Gasteiger partial charge is 0.340 e. The second kappa shape index (κ2) is 5.95. The minimum atomic E-state index is 0.679. The summed E-state index contributed by atoms with van der Waals surface area (Å²) < 4.78 is 0. The van der Waals surface area contributed by atoms with Gasteiger partial charge in [-0.2, -0.15) is 0 Å². The summed E-state index contributed by atoms with van der Waals surface area (Å²) in [7, 11) is 0. The van der Waals surface area contributed by atoms with E-state index >= 15 is 0 Å². The molecule has 0 atom stereocenters. The van der Waals surface area contributed by atoms with Crippen molar-refractivity contribution in [3.05, 3.63) is 65.5 Å². The first-order chi connectivity index (χ1) is 11.3. The molecule has 0 saturated heterocycles. The maximum Gasteiger partial charge on any atom is 0.141 e. The smallest absolute Gasteiger partial charge is 0.141 e. The summed E-state index contributed by atoms with van der Waals surface area (Å²) in [5, 5.41) is 4.95. The van der Waals surface area contributed by atoms with E-state index in [1.807, 2.05) is 48.1 Å². The highest BCUT2D eigenvalue weighted by Crippen LogP contribution is 2.30. The number of nitrogens with zero attached hydrogens (tertiary/aromatic N) is 3. The molecule has 23 heavy (non-hydrogen) atoms. The summed E-state index contributed by atoms with van der Waals surface area (Å²) in [4.78, 5) is 14.0. The van der Waals surface area contributed by atoms with E-state index in [-0.39, 0.29) is 0 Å². The van der Waals surface area contributed by atoms with Crippen molar-refractivity contribution in [1.82, 2.24) is 15.0 Å². The van der Waals surface area contributed by atoms with E-state index in [0.29, 0.717) is 5.02 Å². The van der Waals surface area contributed by atoms with E-state index < -0.39 is 0 Å². The standard InChI is InChI=1S/C17H11ClN4S/c18-12-2-1-3-13(7-12)22-17-14-6-11(16-8-19-10-23-16)4-5-15(14)20-9-21-17/h1-10H,(H,20,21,22). The van der Waals surface area contributed by atoms with Crippen LogP contribution in [-0.4, -0.2) is 15.0 Å². The van der Waals surface area contributed by atoms with Crippen molar-refractivity contribution in [2.45, 2.75) is 0 Å². The molecule has 0 aliphatic rings. The molecule has 0 aliphatic heterocycles. The van der Waals surface area contributed by atoms with Crippen molar-refractivity contribution in [2.75, 3.05) is 5.32 Å². The Morgan fingerprint density at radius 1 is 1.04 bits per heavy atom. The zero-order chi connectivity index (χ0) is 15.6. The van der Waals surface area contributed by atoms with E-state index in [2.05, 4.69) is 26.3 Å². The maximum absolute atomic E-state index is 6.04.